The first kappa shape index (κ1) is 9.71. The number of hydrogen-bond acceptors (Lipinski definition) is 2. The SMILES string of the molecule is CC(C)(C)n1cc(C2(CN)CC2)cn1. The van der Waals surface area contributed by atoms with Crippen LogP contribution in [-0.4, -0.2) is 16.3 Å². The van der Waals surface area contributed by atoms with Gasteiger partial charge in [0.2, 0.25) is 0 Å². The highest BCUT2D eigenvalue weighted by Crippen LogP contribution is 2.47. The van der Waals surface area contributed by atoms with Crippen molar-refractivity contribution in [2.24, 2.45) is 5.73 Å². The summed E-state index contributed by atoms with van der Waals surface area (Å²) in [5, 5.41) is 4.40. The van der Waals surface area contributed by atoms with Crippen LogP contribution in [0.15, 0.2) is 12.4 Å². The second-order valence-corrected chi connectivity index (χ2v) is 5.33. The summed E-state index contributed by atoms with van der Waals surface area (Å²) >= 11 is 0. The van der Waals surface area contributed by atoms with E-state index in [9.17, 15) is 0 Å². The van der Waals surface area contributed by atoms with Crippen LogP contribution >= 0.6 is 0 Å². The molecule has 0 amide bonds. The van der Waals surface area contributed by atoms with Gasteiger partial charge >= 0.3 is 0 Å². The highest BCUT2D eigenvalue weighted by atomic mass is 15.3. The molecule has 1 aliphatic carbocycles. The Bertz CT molecular complexity index is 329. The Morgan fingerprint density at radius 1 is 1.50 bits per heavy atom. The molecular weight excluding hydrogens is 174 g/mol. The van der Waals surface area contributed by atoms with Crippen molar-refractivity contribution < 1.29 is 0 Å². The average Bonchev–Trinajstić information content (AvgIpc) is 2.73. The number of aromatic nitrogens is 2. The van der Waals surface area contributed by atoms with Crippen molar-refractivity contribution in [1.82, 2.24) is 9.78 Å². The molecule has 1 aliphatic rings. The van der Waals surface area contributed by atoms with Crippen LogP contribution in [-0.2, 0) is 11.0 Å². The molecule has 3 nitrogen and oxygen atoms in total. The number of nitrogens with two attached hydrogens (primary N) is 1. The van der Waals surface area contributed by atoms with Crippen LogP contribution in [0, 0.1) is 0 Å². The van der Waals surface area contributed by atoms with Gasteiger partial charge in [0.1, 0.15) is 0 Å². The molecule has 78 valence electrons. The minimum atomic E-state index is 0.0723. The average molecular weight is 193 g/mol. The molecule has 0 aromatic carbocycles. The Morgan fingerprint density at radius 3 is 2.50 bits per heavy atom. The maximum absolute atomic E-state index is 5.78. The van der Waals surface area contributed by atoms with Crippen LogP contribution in [0.25, 0.3) is 0 Å². The van der Waals surface area contributed by atoms with E-state index in [4.69, 9.17) is 5.73 Å². The van der Waals surface area contributed by atoms with Crippen LogP contribution in [0.4, 0.5) is 0 Å². The molecule has 1 fully saturated rings. The standard InChI is InChI=1S/C11H19N3/c1-10(2,3)14-7-9(6-13-14)11(8-12)4-5-11/h6-7H,4-5,8,12H2,1-3H3. The van der Waals surface area contributed by atoms with Crippen LogP contribution in [0.5, 0.6) is 0 Å². The fraction of sp³-hybridized carbons (Fsp3) is 0.727. The molecule has 0 bridgehead atoms. The molecule has 1 heterocycles. The lowest BCUT2D eigenvalue weighted by Gasteiger charge is -2.19. The lowest BCUT2D eigenvalue weighted by molar-refractivity contribution is 0.355. The lowest BCUT2D eigenvalue weighted by Crippen LogP contribution is -2.23. The molecule has 0 radical (unpaired) electrons. The Kier molecular flexibility index (Phi) is 1.96. The highest BCUT2D eigenvalue weighted by molar-refractivity contribution is 5.27. The van der Waals surface area contributed by atoms with Crippen molar-refractivity contribution in [3.8, 4) is 0 Å². The third-order valence-electron chi connectivity index (χ3n) is 3.13. The van der Waals surface area contributed by atoms with Crippen LogP contribution in [0.3, 0.4) is 0 Å². The highest BCUT2D eigenvalue weighted by Gasteiger charge is 2.44. The van der Waals surface area contributed by atoms with E-state index in [1.165, 1.54) is 18.4 Å². The number of rotatable bonds is 2. The predicted octanol–water partition coefficient (Wildman–Crippen LogP) is 1.63. The van der Waals surface area contributed by atoms with Crippen LogP contribution in [0.1, 0.15) is 39.2 Å². The largest absolute Gasteiger partial charge is 0.330 e. The van der Waals surface area contributed by atoms with Gasteiger partial charge in [0.25, 0.3) is 0 Å². The third-order valence-corrected chi connectivity index (χ3v) is 3.13. The molecule has 0 aliphatic heterocycles. The minimum absolute atomic E-state index is 0.0723. The Balaban J connectivity index is 2.27. The first-order valence-corrected chi connectivity index (χ1v) is 5.24. The quantitative estimate of drug-likeness (QED) is 0.775. The van der Waals surface area contributed by atoms with Crippen molar-refractivity contribution in [3.05, 3.63) is 18.0 Å². The summed E-state index contributed by atoms with van der Waals surface area (Å²) in [5.41, 5.74) is 7.44. The molecular formula is C11H19N3. The summed E-state index contributed by atoms with van der Waals surface area (Å²) in [7, 11) is 0. The topological polar surface area (TPSA) is 43.8 Å². The third kappa shape index (κ3) is 1.46. The van der Waals surface area contributed by atoms with Crippen molar-refractivity contribution in [2.75, 3.05) is 6.54 Å². The van der Waals surface area contributed by atoms with Gasteiger partial charge in [-0.05, 0) is 39.2 Å². The molecule has 0 saturated heterocycles. The zero-order valence-electron chi connectivity index (χ0n) is 9.25. The second-order valence-electron chi connectivity index (χ2n) is 5.33. The molecule has 1 aromatic rings. The Hall–Kier alpha value is -0.830. The van der Waals surface area contributed by atoms with Crippen molar-refractivity contribution in [3.63, 3.8) is 0 Å². The van der Waals surface area contributed by atoms with Crippen LogP contribution in [0.2, 0.25) is 0 Å². The molecule has 1 aromatic heterocycles. The maximum atomic E-state index is 5.78. The molecule has 14 heavy (non-hydrogen) atoms. The van der Waals surface area contributed by atoms with E-state index in [0.717, 1.165) is 6.54 Å². The fourth-order valence-electron chi connectivity index (χ4n) is 1.73. The molecule has 0 spiro atoms. The first-order valence-electron chi connectivity index (χ1n) is 5.24. The second kappa shape index (κ2) is 2.83. The van der Waals surface area contributed by atoms with E-state index in [-0.39, 0.29) is 11.0 Å². The summed E-state index contributed by atoms with van der Waals surface area (Å²) in [6.07, 6.45) is 6.57. The summed E-state index contributed by atoms with van der Waals surface area (Å²) in [6, 6.07) is 0. The maximum Gasteiger partial charge on any atom is 0.0543 e. The van der Waals surface area contributed by atoms with Crippen molar-refractivity contribution >= 4 is 0 Å². The van der Waals surface area contributed by atoms with Gasteiger partial charge in [0.05, 0.1) is 11.7 Å². The normalized spacial score (nSPS) is 19.7. The summed E-state index contributed by atoms with van der Waals surface area (Å²) in [4.78, 5) is 0. The molecule has 3 heteroatoms. The number of hydrogen-bond donors (Lipinski definition) is 1. The zero-order valence-corrected chi connectivity index (χ0v) is 9.25. The fourth-order valence-corrected chi connectivity index (χ4v) is 1.73. The van der Waals surface area contributed by atoms with Gasteiger partial charge in [-0.1, -0.05) is 0 Å². The lowest BCUT2D eigenvalue weighted by atomic mass is 10.00. The predicted molar refractivity (Wildman–Crippen MR) is 57.2 cm³/mol. The minimum Gasteiger partial charge on any atom is -0.330 e. The van der Waals surface area contributed by atoms with E-state index < -0.39 is 0 Å². The summed E-state index contributed by atoms with van der Waals surface area (Å²) < 4.78 is 2.03. The van der Waals surface area contributed by atoms with E-state index in [1.54, 1.807) is 0 Å². The van der Waals surface area contributed by atoms with Crippen LogP contribution < -0.4 is 5.73 Å². The smallest absolute Gasteiger partial charge is 0.0543 e. The van der Waals surface area contributed by atoms with E-state index >= 15 is 0 Å². The van der Waals surface area contributed by atoms with E-state index in [1.807, 2.05) is 10.9 Å². The van der Waals surface area contributed by atoms with Crippen molar-refractivity contribution in [2.45, 2.75) is 44.6 Å². The van der Waals surface area contributed by atoms with Gasteiger partial charge in [0, 0.05) is 18.2 Å². The Labute approximate surface area is 85.3 Å². The summed E-state index contributed by atoms with van der Waals surface area (Å²) in [6.45, 7) is 7.23. The van der Waals surface area contributed by atoms with Gasteiger partial charge in [-0.15, -0.1) is 0 Å². The Morgan fingerprint density at radius 2 is 2.14 bits per heavy atom. The van der Waals surface area contributed by atoms with Crippen molar-refractivity contribution in [1.29, 1.82) is 0 Å². The van der Waals surface area contributed by atoms with Gasteiger partial charge in [-0.25, -0.2) is 0 Å². The molecule has 0 unspecified atom stereocenters. The van der Waals surface area contributed by atoms with E-state index in [0.29, 0.717) is 0 Å². The first-order chi connectivity index (χ1) is 6.48. The van der Waals surface area contributed by atoms with Gasteiger partial charge in [0.15, 0.2) is 0 Å². The molecule has 2 N–H and O–H groups in total. The van der Waals surface area contributed by atoms with E-state index in [2.05, 4.69) is 32.1 Å². The monoisotopic (exact) mass is 193 g/mol. The zero-order chi connectivity index (χ0) is 10.4. The molecule has 1 saturated carbocycles. The molecule has 2 rings (SSSR count). The van der Waals surface area contributed by atoms with Gasteiger partial charge in [-0.2, -0.15) is 5.10 Å². The molecule has 0 atom stereocenters. The van der Waals surface area contributed by atoms with Gasteiger partial charge in [-0.3, -0.25) is 4.68 Å². The van der Waals surface area contributed by atoms with Gasteiger partial charge < -0.3 is 5.73 Å². The summed E-state index contributed by atoms with van der Waals surface area (Å²) in [5.74, 6) is 0. The number of nitrogens with zero attached hydrogens (tertiary/aromatic N) is 2.